The van der Waals surface area contributed by atoms with Gasteiger partial charge in [0.2, 0.25) is 5.95 Å². The number of non-ortho nitro benzene ring substituents is 1. The Labute approximate surface area is 97.6 Å². The van der Waals surface area contributed by atoms with Gasteiger partial charge in [0.15, 0.2) is 0 Å². The van der Waals surface area contributed by atoms with Gasteiger partial charge in [0.05, 0.1) is 16.0 Å². The summed E-state index contributed by atoms with van der Waals surface area (Å²) < 4.78 is 2.11. The summed E-state index contributed by atoms with van der Waals surface area (Å²) in [5.41, 5.74) is 1.77. The maximum absolute atomic E-state index is 10.7. The Bertz CT molecular complexity index is 605. The molecule has 1 aliphatic rings. The van der Waals surface area contributed by atoms with Crippen LogP contribution in [0.15, 0.2) is 18.2 Å². The topological polar surface area (TPSA) is 64.2 Å². The number of hydrogen-bond acceptors (Lipinski definition) is 4. The molecule has 88 valence electrons. The highest BCUT2D eigenvalue weighted by atomic mass is 16.6. The van der Waals surface area contributed by atoms with Gasteiger partial charge in [0.25, 0.3) is 5.69 Å². The lowest BCUT2D eigenvalue weighted by molar-refractivity contribution is -0.384. The van der Waals surface area contributed by atoms with Crippen LogP contribution in [0.2, 0.25) is 0 Å². The van der Waals surface area contributed by atoms with Crippen molar-refractivity contribution in [3.05, 3.63) is 28.3 Å². The van der Waals surface area contributed by atoms with Crippen LogP contribution in [0.3, 0.4) is 0 Å². The highest BCUT2D eigenvalue weighted by Gasteiger charge is 2.22. The van der Waals surface area contributed by atoms with Crippen LogP contribution in [0.25, 0.3) is 11.0 Å². The van der Waals surface area contributed by atoms with E-state index in [9.17, 15) is 10.1 Å². The van der Waals surface area contributed by atoms with Crippen LogP contribution in [0, 0.1) is 10.1 Å². The Balaban J connectivity index is 2.18. The van der Waals surface area contributed by atoms with Crippen molar-refractivity contribution < 1.29 is 4.92 Å². The molecule has 0 spiro atoms. The van der Waals surface area contributed by atoms with Gasteiger partial charge in [-0.05, 0) is 13.0 Å². The second-order valence-corrected chi connectivity index (χ2v) is 4.07. The zero-order valence-electron chi connectivity index (χ0n) is 9.46. The number of anilines is 1. The minimum absolute atomic E-state index is 0.0947. The maximum atomic E-state index is 10.7. The first kappa shape index (κ1) is 10.1. The molecule has 1 aromatic heterocycles. The molecule has 0 unspecified atom stereocenters. The number of imidazole rings is 1. The Kier molecular flexibility index (Phi) is 2.04. The Morgan fingerprint density at radius 3 is 3.00 bits per heavy atom. The molecule has 6 heteroatoms. The first-order valence-corrected chi connectivity index (χ1v) is 5.60. The predicted octanol–water partition coefficient (Wildman–Crippen LogP) is 1.78. The average Bonchev–Trinajstić information content (AvgIpc) is 2.85. The predicted molar refractivity (Wildman–Crippen MR) is 64.3 cm³/mol. The van der Waals surface area contributed by atoms with E-state index >= 15 is 0 Å². The number of likely N-dealkylation sites (N-methyl/N-ethyl adjacent to an activating group) is 1. The SMILES string of the molecule is CCN1CCn2c1nc1cc([N+](=O)[O-])ccc12. The van der Waals surface area contributed by atoms with E-state index in [0.29, 0.717) is 5.52 Å². The van der Waals surface area contributed by atoms with E-state index in [4.69, 9.17) is 0 Å². The maximum Gasteiger partial charge on any atom is 0.271 e. The van der Waals surface area contributed by atoms with Gasteiger partial charge in [0, 0.05) is 31.8 Å². The number of rotatable bonds is 2. The van der Waals surface area contributed by atoms with E-state index in [1.165, 1.54) is 12.1 Å². The number of fused-ring (bicyclic) bond motifs is 3. The first-order chi connectivity index (χ1) is 8.20. The van der Waals surface area contributed by atoms with E-state index in [1.807, 2.05) is 0 Å². The number of nitrogens with zero attached hydrogens (tertiary/aromatic N) is 4. The van der Waals surface area contributed by atoms with Crippen molar-refractivity contribution in [2.24, 2.45) is 0 Å². The van der Waals surface area contributed by atoms with Crippen LogP contribution in [0.5, 0.6) is 0 Å². The fourth-order valence-corrected chi connectivity index (χ4v) is 2.30. The fourth-order valence-electron chi connectivity index (χ4n) is 2.30. The highest BCUT2D eigenvalue weighted by molar-refractivity contribution is 5.81. The first-order valence-electron chi connectivity index (χ1n) is 5.60. The number of hydrogen-bond donors (Lipinski definition) is 0. The van der Waals surface area contributed by atoms with Crippen molar-refractivity contribution in [3.63, 3.8) is 0 Å². The summed E-state index contributed by atoms with van der Waals surface area (Å²) in [6.45, 7) is 4.85. The molecule has 0 N–H and O–H groups in total. The van der Waals surface area contributed by atoms with Gasteiger partial charge in [0.1, 0.15) is 0 Å². The summed E-state index contributed by atoms with van der Waals surface area (Å²) in [5, 5.41) is 10.7. The molecule has 6 nitrogen and oxygen atoms in total. The van der Waals surface area contributed by atoms with Gasteiger partial charge in [-0.3, -0.25) is 10.1 Å². The second-order valence-electron chi connectivity index (χ2n) is 4.07. The van der Waals surface area contributed by atoms with Crippen molar-refractivity contribution in [2.75, 3.05) is 18.0 Å². The quantitative estimate of drug-likeness (QED) is 0.585. The Morgan fingerprint density at radius 1 is 1.47 bits per heavy atom. The minimum atomic E-state index is -0.387. The smallest absolute Gasteiger partial charge is 0.271 e. The van der Waals surface area contributed by atoms with Crippen molar-refractivity contribution in [1.82, 2.24) is 9.55 Å². The molecular formula is C11H12N4O2. The third-order valence-electron chi connectivity index (χ3n) is 3.18. The van der Waals surface area contributed by atoms with E-state index in [-0.39, 0.29) is 10.6 Å². The summed E-state index contributed by atoms with van der Waals surface area (Å²) in [5.74, 6) is 0.919. The normalized spacial score (nSPS) is 14.3. The molecule has 0 amide bonds. The highest BCUT2D eigenvalue weighted by Crippen LogP contribution is 2.29. The van der Waals surface area contributed by atoms with Gasteiger partial charge >= 0.3 is 0 Å². The van der Waals surface area contributed by atoms with Crippen LogP contribution in [0.4, 0.5) is 11.6 Å². The monoisotopic (exact) mass is 232 g/mol. The largest absolute Gasteiger partial charge is 0.341 e. The molecule has 0 fully saturated rings. The van der Waals surface area contributed by atoms with Crippen LogP contribution in [0.1, 0.15) is 6.92 Å². The molecule has 3 rings (SSSR count). The van der Waals surface area contributed by atoms with Crippen molar-refractivity contribution in [2.45, 2.75) is 13.5 Å². The van der Waals surface area contributed by atoms with E-state index in [2.05, 4.69) is 21.4 Å². The standard InChI is InChI=1S/C11H12N4O2/c1-2-13-5-6-14-10-4-3-8(15(16)17)7-9(10)12-11(13)14/h3-4,7H,2,5-6H2,1H3. The Morgan fingerprint density at radius 2 is 2.29 bits per heavy atom. The third-order valence-corrected chi connectivity index (χ3v) is 3.18. The molecule has 17 heavy (non-hydrogen) atoms. The number of nitro benzene ring substituents is 1. The molecule has 0 saturated carbocycles. The average molecular weight is 232 g/mol. The van der Waals surface area contributed by atoms with Gasteiger partial charge in [-0.1, -0.05) is 0 Å². The van der Waals surface area contributed by atoms with Crippen LogP contribution >= 0.6 is 0 Å². The fraction of sp³-hybridized carbons (Fsp3) is 0.364. The van der Waals surface area contributed by atoms with Crippen molar-refractivity contribution in [3.8, 4) is 0 Å². The minimum Gasteiger partial charge on any atom is -0.341 e. The molecule has 0 bridgehead atoms. The molecule has 2 aromatic rings. The zero-order valence-corrected chi connectivity index (χ0v) is 9.46. The van der Waals surface area contributed by atoms with Crippen LogP contribution in [-0.2, 0) is 6.54 Å². The molecule has 0 atom stereocenters. The van der Waals surface area contributed by atoms with E-state index in [1.54, 1.807) is 6.07 Å². The van der Waals surface area contributed by atoms with Gasteiger partial charge in [-0.2, -0.15) is 0 Å². The summed E-state index contributed by atoms with van der Waals surface area (Å²) in [7, 11) is 0. The third kappa shape index (κ3) is 1.37. The lowest BCUT2D eigenvalue weighted by Gasteiger charge is -2.11. The molecule has 2 heterocycles. The van der Waals surface area contributed by atoms with Crippen molar-refractivity contribution >= 4 is 22.7 Å². The summed E-state index contributed by atoms with van der Waals surface area (Å²) in [4.78, 5) is 17.0. The summed E-state index contributed by atoms with van der Waals surface area (Å²) >= 11 is 0. The number of aromatic nitrogens is 2. The summed E-state index contributed by atoms with van der Waals surface area (Å²) in [6, 6.07) is 4.85. The number of benzene rings is 1. The second kappa shape index (κ2) is 3.44. The Hall–Kier alpha value is -2.11. The lowest BCUT2D eigenvalue weighted by Crippen LogP contribution is -2.19. The molecule has 1 aromatic carbocycles. The summed E-state index contributed by atoms with van der Waals surface area (Å²) in [6.07, 6.45) is 0. The lowest BCUT2D eigenvalue weighted by atomic mass is 10.3. The number of nitro groups is 1. The van der Waals surface area contributed by atoms with Gasteiger partial charge in [-0.15, -0.1) is 0 Å². The zero-order chi connectivity index (χ0) is 12.0. The molecule has 0 aliphatic carbocycles. The molecule has 0 radical (unpaired) electrons. The van der Waals surface area contributed by atoms with Crippen LogP contribution in [-0.4, -0.2) is 27.6 Å². The van der Waals surface area contributed by atoms with Crippen molar-refractivity contribution in [1.29, 1.82) is 0 Å². The van der Waals surface area contributed by atoms with E-state index < -0.39 is 0 Å². The molecular weight excluding hydrogens is 220 g/mol. The molecule has 0 saturated heterocycles. The van der Waals surface area contributed by atoms with Crippen LogP contribution < -0.4 is 4.90 Å². The van der Waals surface area contributed by atoms with Gasteiger partial charge in [-0.25, -0.2) is 4.98 Å². The van der Waals surface area contributed by atoms with Gasteiger partial charge < -0.3 is 9.47 Å². The molecule has 1 aliphatic heterocycles. The van der Waals surface area contributed by atoms with E-state index in [0.717, 1.165) is 31.1 Å².